The summed E-state index contributed by atoms with van der Waals surface area (Å²) in [5.41, 5.74) is 8.75. The molecule has 0 atom stereocenters. The zero-order chi connectivity index (χ0) is 14.7. The lowest BCUT2D eigenvalue weighted by atomic mass is 10.2. The van der Waals surface area contributed by atoms with Gasteiger partial charge in [-0.15, -0.1) is 11.8 Å². The number of nitrogen functional groups attached to an aromatic ring is 1. The summed E-state index contributed by atoms with van der Waals surface area (Å²) in [5.74, 6) is 1.86. The first-order chi connectivity index (χ1) is 10.2. The molecule has 0 bridgehead atoms. The van der Waals surface area contributed by atoms with Crippen molar-refractivity contribution in [2.24, 2.45) is 0 Å². The van der Waals surface area contributed by atoms with Crippen molar-refractivity contribution < 1.29 is 4.52 Å². The van der Waals surface area contributed by atoms with Crippen molar-refractivity contribution in [1.29, 1.82) is 0 Å². The van der Waals surface area contributed by atoms with Gasteiger partial charge in [-0.05, 0) is 24.6 Å². The van der Waals surface area contributed by atoms with Gasteiger partial charge in [0.2, 0.25) is 11.7 Å². The van der Waals surface area contributed by atoms with E-state index in [0.717, 1.165) is 21.7 Å². The van der Waals surface area contributed by atoms with Crippen molar-refractivity contribution in [3.05, 3.63) is 60.0 Å². The molecule has 0 spiro atoms. The number of rotatable bonds is 4. The molecule has 0 amide bonds. The van der Waals surface area contributed by atoms with E-state index >= 15 is 0 Å². The van der Waals surface area contributed by atoms with E-state index in [1.165, 1.54) is 0 Å². The van der Waals surface area contributed by atoms with E-state index in [4.69, 9.17) is 10.3 Å². The Morgan fingerprint density at radius 1 is 1.10 bits per heavy atom. The van der Waals surface area contributed by atoms with Crippen LogP contribution in [0.1, 0.15) is 11.5 Å². The number of nitrogens with zero attached hydrogens (tertiary/aromatic N) is 2. The van der Waals surface area contributed by atoms with Crippen LogP contribution < -0.4 is 5.73 Å². The third-order valence-electron chi connectivity index (χ3n) is 3.18. The van der Waals surface area contributed by atoms with Gasteiger partial charge in [0.05, 0.1) is 5.75 Å². The molecule has 0 aliphatic carbocycles. The summed E-state index contributed by atoms with van der Waals surface area (Å²) in [6, 6.07) is 15.7. The van der Waals surface area contributed by atoms with Crippen LogP contribution in [-0.4, -0.2) is 10.1 Å². The van der Waals surface area contributed by atoms with Gasteiger partial charge in [0.25, 0.3) is 0 Å². The maximum Gasteiger partial charge on any atom is 0.237 e. The number of aromatic nitrogens is 2. The topological polar surface area (TPSA) is 64.9 Å². The molecule has 5 heteroatoms. The predicted octanol–water partition coefficient (Wildman–Crippen LogP) is 3.92. The lowest BCUT2D eigenvalue weighted by Crippen LogP contribution is -1.91. The smallest absolute Gasteiger partial charge is 0.237 e. The first-order valence-corrected chi connectivity index (χ1v) is 7.58. The van der Waals surface area contributed by atoms with Gasteiger partial charge in [-0.2, -0.15) is 4.98 Å². The number of benzene rings is 2. The molecule has 3 rings (SSSR count). The van der Waals surface area contributed by atoms with Crippen molar-refractivity contribution in [2.45, 2.75) is 17.6 Å². The van der Waals surface area contributed by atoms with E-state index in [1.807, 2.05) is 55.5 Å². The quantitative estimate of drug-likeness (QED) is 0.584. The number of anilines is 1. The average Bonchev–Trinajstić information content (AvgIpc) is 2.99. The van der Waals surface area contributed by atoms with Gasteiger partial charge in [-0.3, -0.25) is 0 Å². The van der Waals surface area contributed by atoms with E-state index in [9.17, 15) is 0 Å². The zero-order valence-electron chi connectivity index (χ0n) is 11.6. The van der Waals surface area contributed by atoms with Crippen LogP contribution in [0.5, 0.6) is 0 Å². The van der Waals surface area contributed by atoms with Crippen LogP contribution in [0.15, 0.2) is 57.9 Å². The molecule has 0 unspecified atom stereocenters. The highest BCUT2D eigenvalue weighted by molar-refractivity contribution is 7.98. The minimum absolute atomic E-state index is 0.612. The van der Waals surface area contributed by atoms with Crippen LogP contribution in [-0.2, 0) is 5.75 Å². The summed E-state index contributed by atoms with van der Waals surface area (Å²) in [5, 5.41) is 4.01. The van der Waals surface area contributed by atoms with Crippen LogP contribution in [0.25, 0.3) is 11.4 Å². The van der Waals surface area contributed by atoms with Crippen molar-refractivity contribution in [3.63, 3.8) is 0 Å². The molecule has 3 aromatic rings. The molecule has 0 aliphatic heterocycles. The predicted molar refractivity (Wildman–Crippen MR) is 84.9 cm³/mol. The molecule has 4 nitrogen and oxygen atoms in total. The van der Waals surface area contributed by atoms with Crippen molar-refractivity contribution >= 4 is 17.4 Å². The summed E-state index contributed by atoms with van der Waals surface area (Å²) < 4.78 is 5.30. The SMILES string of the molecule is Cc1c(N)cccc1SCc1nc(-c2ccccc2)no1. The van der Waals surface area contributed by atoms with Crippen molar-refractivity contribution in [3.8, 4) is 11.4 Å². The Hall–Kier alpha value is -2.27. The van der Waals surface area contributed by atoms with Crippen LogP contribution in [0.2, 0.25) is 0 Å². The number of nitrogens with two attached hydrogens (primary N) is 1. The van der Waals surface area contributed by atoms with E-state index in [1.54, 1.807) is 11.8 Å². The molecule has 106 valence electrons. The second-order valence-corrected chi connectivity index (χ2v) is 5.65. The average molecular weight is 297 g/mol. The molecule has 2 aromatic carbocycles. The first kappa shape index (κ1) is 13.7. The van der Waals surface area contributed by atoms with Crippen LogP contribution in [0.3, 0.4) is 0 Å². The Bertz CT molecular complexity index is 740. The molecule has 0 saturated carbocycles. The molecule has 1 heterocycles. The van der Waals surface area contributed by atoms with E-state index in [-0.39, 0.29) is 0 Å². The largest absolute Gasteiger partial charge is 0.398 e. The highest BCUT2D eigenvalue weighted by Gasteiger charge is 2.09. The number of thioether (sulfide) groups is 1. The summed E-state index contributed by atoms with van der Waals surface area (Å²) in [7, 11) is 0. The van der Waals surface area contributed by atoms with Crippen LogP contribution >= 0.6 is 11.8 Å². The maximum atomic E-state index is 5.90. The normalized spacial score (nSPS) is 10.7. The molecule has 2 N–H and O–H groups in total. The first-order valence-electron chi connectivity index (χ1n) is 6.60. The van der Waals surface area contributed by atoms with Gasteiger partial charge < -0.3 is 10.3 Å². The summed E-state index contributed by atoms with van der Waals surface area (Å²) >= 11 is 1.65. The molecular formula is C16H15N3OS. The monoisotopic (exact) mass is 297 g/mol. The van der Waals surface area contributed by atoms with Crippen LogP contribution in [0, 0.1) is 6.92 Å². The van der Waals surface area contributed by atoms with Gasteiger partial charge in [0.15, 0.2) is 0 Å². The number of hydrogen-bond acceptors (Lipinski definition) is 5. The fraction of sp³-hybridized carbons (Fsp3) is 0.125. The van der Waals surface area contributed by atoms with Gasteiger partial charge in [0, 0.05) is 16.1 Å². The highest BCUT2D eigenvalue weighted by atomic mass is 32.2. The fourth-order valence-electron chi connectivity index (χ4n) is 1.95. The second kappa shape index (κ2) is 6.01. The second-order valence-electron chi connectivity index (χ2n) is 4.64. The minimum Gasteiger partial charge on any atom is -0.398 e. The molecular weight excluding hydrogens is 282 g/mol. The highest BCUT2D eigenvalue weighted by Crippen LogP contribution is 2.29. The van der Waals surface area contributed by atoms with Crippen LogP contribution in [0.4, 0.5) is 5.69 Å². The summed E-state index contributed by atoms with van der Waals surface area (Å²) in [4.78, 5) is 5.55. The van der Waals surface area contributed by atoms with Crippen molar-refractivity contribution in [1.82, 2.24) is 10.1 Å². The van der Waals surface area contributed by atoms with E-state index in [0.29, 0.717) is 17.5 Å². The van der Waals surface area contributed by atoms with Gasteiger partial charge >= 0.3 is 0 Å². The third-order valence-corrected chi connectivity index (χ3v) is 4.32. The maximum absolute atomic E-state index is 5.90. The van der Waals surface area contributed by atoms with Crippen molar-refractivity contribution in [2.75, 3.05) is 5.73 Å². The molecule has 0 saturated heterocycles. The Balaban J connectivity index is 1.72. The third kappa shape index (κ3) is 3.08. The molecule has 21 heavy (non-hydrogen) atoms. The standard InChI is InChI=1S/C16H15N3OS/c1-11-13(17)8-5-9-14(11)21-10-15-18-16(19-20-15)12-6-3-2-4-7-12/h2-9H,10,17H2,1H3. The van der Waals surface area contributed by atoms with Gasteiger partial charge in [-0.25, -0.2) is 0 Å². The Kier molecular flexibility index (Phi) is 3.92. The summed E-state index contributed by atoms with van der Waals surface area (Å²) in [6.07, 6.45) is 0. The Morgan fingerprint density at radius 3 is 2.71 bits per heavy atom. The summed E-state index contributed by atoms with van der Waals surface area (Å²) in [6.45, 7) is 2.01. The molecule has 0 fully saturated rings. The Labute approximate surface area is 127 Å². The molecule has 0 aliphatic rings. The van der Waals surface area contributed by atoms with Gasteiger partial charge in [0.1, 0.15) is 0 Å². The molecule has 0 radical (unpaired) electrons. The van der Waals surface area contributed by atoms with E-state index in [2.05, 4.69) is 10.1 Å². The number of hydrogen-bond donors (Lipinski definition) is 1. The Morgan fingerprint density at radius 2 is 1.90 bits per heavy atom. The fourth-order valence-corrected chi connectivity index (χ4v) is 2.85. The minimum atomic E-state index is 0.612. The van der Waals surface area contributed by atoms with E-state index < -0.39 is 0 Å². The van der Waals surface area contributed by atoms with Gasteiger partial charge in [-0.1, -0.05) is 41.6 Å². The molecule has 1 aromatic heterocycles. The lowest BCUT2D eigenvalue weighted by Gasteiger charge is -2.05. The zero-order valence-corrected chi connectivity index (χ0v) is 12.4. The lowest BCUT2D eigenvalue weighted by molar-refractivity contribution is 0.391.